The fourth-order valence-electron chi connectivity index (χ4n) is 2.92. The summed E-state index contributed by atoms with van der Waals surface area (Å²) < 4.78 is 19.6. The van der Waals surface area contributed by atoms with Crippen LogP contribution in [0.1, 0.15) is 55.6 Å². The van der Waals surface area contributed by atoms with Gasteiger partial charge in [0.05, 0.1) is 6.54 Å². The summed E-state index contributed by atoms with van der Waals surface area (Å²) in [5.41, 5.74) is 0.938. The molecule has 1 heterocycles. The van der Waals surface area contributed by atoms with E-state index in [1.807, 2.05) is 6.07 Å². The number of oxazole rings is 1. The van der Waals surface area contributed by atoms with E-state index < -0.39 is 0 Å². The van der Waals surface area contributed by atoms with E-state index in [0.717, 1.165) is 0 Å². The van der Waals surface area contributed by atoms with Gasteiger partial charge in [0.25, 0.3) is 5.91 Å². The lowest BCUT2D eigenvalue weighted by atomic mass is 10.0. The van der Waals surface area contributed by atoms with Crippen LogP contribution in [0.25, 0.3) is 0 Å². The van der Waals surface area contributed by atoms with Gasteiger partial charge in [-0.3, -0.25) is 9.69 Å². The van der Waals surface area contributed by atoms with Gasteiger partial charge < -0.3 is 9.73 Å². The van der Waals surface area contributed by atoms with Gasteiger partial charge in [0.2, 0.25) is 5.89 Å². The first-order valence-electron chi connectivity index (χ1n) is 9.64. The third-order valence-electron chi connectivity index (χ3n) is 5.24. The van der Waals surface area contributed by atoms with E-state index in [1.54, 1.807) is 12.1 Å². The van der Waals surface area contributed by atoms with Crippen LogP contribution in [0.2, 0.25) is 0 Å². The van der Waals surface area contributed by atoms with Crippen LogP contribution in [0.3, 0.4) is 0 Å². The maximum Gasteiger partial charge on any atom is 0.273 e. The number of nitrogens with zero attached hydrogens (tertiary/aromatic N) is 2. The number of nitrogens with one attached hydrogen (secondary N) is 1. The Morgan fingerprint density at radius 1 is 1.30 bits per heavy atom. The Kier molecular flexibility index (Phi) is 6.26. The Morgan fingerprint density at radius 2 is 2.04 bits per heavy atom. The third kappa shape index (κ3) is 5.39. The second-order valence-corrected chi connectivity index (χ2v) is 7.76. The molecule has 1 aromatic carbocycles. The number of rotatable bonds is 9. The summed E-state index contributed by atoms with van der Waals surface area (Å²) in [5.74, 6) is 1.05. The lowest BCUT2D eigenvalue weighted by Gasteiger charge is -2.30. The second kappa shape index (κ2) is 8.65. The Morgan fingerprint density at radius 3 is 2.70 bits per heavy atom. The first kappa shape index (κ1) is 19.5. The van der Waals surface area contributed by atoms with Crippen molar-refractivity contribution < 1.29 is 13.6 Å². The molecule has 2 aromatic rings. The number of aromatic nitrogens is 1. The molecule has 1 fully saturated rings. The minimum Gasteiger partial charge on any atom is -0.447 e. The molecular weight excluding hydrogens is 345 g/mol. The lowest BCUT2D eigenvalue weighted by Crippen LogP contribution is -2.36. The van der Waals surface area contributed by atoms with E-state index in [-0.39, 0.29) is 17.8 Å². The van der Waals surface area contributed by atoms with Crippen LogP contribution in [0.4, 0.5) is 4.39 Å². The monoisotopic (exact) mass is 373 g/mol. The molecule has 1 unspecified atom stereocenters. The highest BCUT2D eigenvalue weighted by Gasteiger charge is 2.24. The molecule has 1 aromatic heterocycles. The van der Waals surface area contributed by atoms with Crippen molar-refractivity contribution in [2.24, 2.45) is 11.8 Å². The molecule has 0 saturated heterocycles. The van der Waals surface area contributed by atoms with Crippen LogP contribution in [0, 0.1) is 17.7 Å². The van der Waals surface area contributed by atoms with Crippen LogP contribution in [0.5, 0.6) is 0 Å². The summed E-state index contributed by atoms with van der Waals surface area (Å²) in [6, 6.07) is 6.99. The molecule has 1 amide bonds. The molecule has 0 aliphatic heterocycles. The SMILES string of the molecule is CC(C)C(C)N(Cc1nc(C(=O)NCC2CC2)co1)Cc1ccccc1F. The van der Waals surface area contributed by atoms with Crippen LogP contribution in [-0.2, 0) is 13.1 Å². The van der Waals surface area contributed by atoms with Gasteiger partial charge in [-0.2, -0.15) is 0 Å². The molecule has 146 valence electrons. The van der Waals surface area contributed by atoms with Crippen molar-refractivity contribution in [1.82, 2.24) is 15.2 Å². The molecular formula is C21H28FN3O2. The summed E-state index contributed by atoms with van der Waals surface area (Å²) in [4.78, 5) is 18.6. The minimum atomic E-state index is -0.217. The molecule has 1 atom stereocenters. The summed E-state index contributed by atoms with van der Waals surface area (Å²) >= 11 is 0. The Balaban J connectivity index is 1.68. The number of halogens is 1. The highest BCUT2D eigenvalue weighted by atomic mass is 19.1. The van der Waals surface area contributed by atoms with Crippen molar-refractivity contribution in [3.05, 3.63) is 53.5 Å². The molecule has 0 spiro atoms. The summed E-state index contributed by atoms with van der Waals surface area (Å²) in [5, 5.41) is 2.89. The molecule has 0 bridgehead atoms. The zero-order chi connectivity index (χ0) is 19.4. The van der Waals surface area contributed by atoms with E-state index >= 15 is 0 Å². The van der Waals surface area contributed by atoms with Crippen LogP contribution in [0.15, 0.2) is 34.9 Å². The second-order valence-electron chi connectivity index (χ2n) is 7.76. The predicted molar refractivity (Wildman–Crippen MR) is 102 cm³/mol. The van der Waals surface area contributed by atoms with Gasteiger partial charge in [-0.25, -0.2) is 9.37 Å². The first-order chi connectivity index (χ1) is 12.9. The van der Waals surface area contributed by atoms with Crippen molar-refractivity contribution in [3.63, 3.8) is 0 Å². The number of amides is 1. The number of carbonyl (C=O) groups excluding carboxylic acids is 1. The fraction of sp³-hybridized carbons (Fsp3) is 0.524. The average molecular weight is 373 g/mol. The maximum absolute atomic E-state index is 14.1. The zero-order valence-corrected chi connectivity index (χ0v) is 16.2. The number of benzene rings is 1. The smallest absolute Gasteiger partial charge is 0.273 e. The third-order valence-corrected chi connectivity index (χ3v) is 5.24. The molecule has 1 saturated carbocycles. The van der Waals surface area contributed by atoms with Gasteiger partial charge in [0, 0.05) is 24.7 Å². The van der Waals surface area contributed by atoms with E-state index in [2.05, 4.69) is 36.0 Å². The van der Waals surface area contributed by atoms with Crippen LogP contribution in [-0.4, -0.2) is 28.4 Å². The van der Waals surface area contributed by atoms with Crippen molar-refractivity contribution in [2.75, 3.05) is 6.54 Å². The van der Waals surface area contributed by atoms with E-state index in [1.165, 1.54) is 25.2 Å². The largest absolute Gasteiger partial charge is 0.447 e. The van der Waals surface area contributed by atoms with Crippen LogP contribution < -0.4 is 5.32 Å². The molecule has 1 N–H and O–H groups in total. The number of hydrogen-bond acceptors (Lipinski definition) is 4. The molecule has 27 heavy (non-hydrogen) atoms. The maximum atomic E-state index is 14.1. The van der Waals surface area contributed by atoms with Gasteiger partial charge in [-0.15, -0.1) is 0 Å². The van der Waals surface area contributed by atoms with Crippen molar-refractivity contribution >= 4 is 5.91 Å². The molecule has 6 heteroatoms. The molecule has 3 rings (SSSR count). The number of hydrogen-bond donors (Lipinski definition) is 1. The Bertz CT molecular complexity index is 770. The molecule has 1 aliphatic carbocycles. The Hall–Kier alpha value is -2.21. The lowest BCUT2D eigenvalue weighted by molar-refractivity contribution is 0.0946. The highest BCUT2D eigenvalue weighted by molar-refractivity contribution is 5.91. The van der Waals surface area contributed by atoms with Gasteiger partial charge in [0.15, 0.2) is 5.69 Å². The highest BCUT2D eigenvalue weighted by Crippen LogP contribution is 2.27. The zero-order valence-electron chi connectivity index (χ0n) is 16.2. The van der Waals surface area contributed by atoms with Crippen molar-refractivity contribution in [2.45, 2.75) is 52.7 Å². The van der Waals surface area contributed by atoms with Crippen molar-refractivity contribution in [3.8, 4) is 0 Å². The number of carbonyl (C=O) groups is 1. The molecule has 5 nitrogen and oxygen atoms in total. The van der Waals surface area contributed by atoms with E-state index in [0.29, 0.717) is 48.6 Å². The summed E-state index contributed by atoms with van der Waals surface area (Å²) in [7, 11) is 0. The van der Waals surface area contributed by atoms with Crippen molar-refractivity contribution in [1.29, 1.82) is 0 Å². The van der Waals surface area contributed by atoms with Gasteiger partial charge in [-0.1, -0.05) is 32.0 Å². The van der Waals surface area contributed by atoms with Gasteiger partial charge in [0.1, 0.15) is 12.1 Å². The van der Waals surface area contributed by atoms with Crippen LogP contribution >= 0.6 is 0 Å². The van der Waals surface area contributed by atoms with Gasteiger partial charge >= 0.3 is 0 Å². The van der Waals surface area contributed by atoms with E-state index in [4.69, 9.17) is 4.42 Å². The van der Waals surface area contributed by atoms with Gasteiger partial charge in [-0.05, 0) is 37.7 Å². The average Bonchev–Trinajstić information content (AvgIpc) is 3.36. The fourth-order valence-corrected chi connectivity index (χ4v) is 2.92. The first-order valence-corrected chi connectivity index (χ1v) is 9.64. The summed E-state index contributed by atoms with van der Waals surface area (Å²) in [6.45, 7) is 7.94. The Labute approximate surface area is 160 Å². The summed E-state index contributed by atoms with van der Waals surface area (Å²) in [6.07, 6.45) is 3.77. The standard InChI is InChI=1S/C21H28FN3O2/c1-14(2)15(3)25(11-17-6-4-5-7-18(17)22)12-20-24-19(13-27-20)21(26)23-10-16-8-9-16/h4-7,13-16H,8-12H2,1-3H3,(H,23,26). The van der Waals surface area contributed by atoms with E-state index in [9.17, 15) is 9.18 Å². The quantitative estimate of drug-likeness (QED) is 0.722. The normalized spacial score (nSPS) is 15.3. The molecule has 1 aliphatic rings. The predicted octanol–water partition coefficient (Wildman–Crippen LogP) is 4.00. The minimum absolute atomic E-state index is 0.198. The molecule has 0 radical (unpaired) electrons. The topological polar surface area (TPSA) is 58.4 Å².